The van der Waals surface area contributed by atoms with E-state index in [0.29, 0.717) is 19.5 Å². The van der Waals surface area contributed by atoms with Crippen molar-refractivity contribution in [2.45, 2.75) is 12.5 Å². The average molecular weight is 321 g/mol. The molecule has 0 aromatic heterocycles. The van der Waals surface area contributed by atoms with Crippen molar-refractivity contribution in [2.75, 3.05) is 20.1 Å². The first-order chi connectivity index (χ1) is 8.45. The zero-order valence-electron chi connectivity index (χ0n) is 9.96. The van der Waals surface area contributed by atoms with Crippen LogP contribution in [0.2, 0.25) is 0 Å². The smallest absolute Gasteiger partial charge is 0.167 e. The Kier molecular flexibility index (Phi) is 3.89. The molecule has 1 heterocycles. The molecule has 3 N–H and O–H groups in total. The van der Waals surface area contributed by atoms with Crippen LogP contribution < -0.4 is 5.73 Å². The second-order valence-corrected chi connectivity index (χ2v) is 5.56. The van der Waals surface area contributed by atoms with Gasteiger partial charge in [0.15, 0.2) is 11.6 Å². The summed E-state index contributed by atoms with van der Waals surface area (Å²) in [6, 6.07) is 0.592. The summed E-state index contributed by atoms with van der Waals surface area (Å²) in [5.41, 5.74) is 5.62. The molecule has 2 unspecified atom stereocenters. The topological polar surface area (TPSA) is 49.5 Å². The molecule has 0 spiro atoms. The summed E-state index contributed by atoms with van der Waals surface area (Å²) in [4.78, 5) is 1.89. The van der Waals surface area contributed by atoms with Gasteiger partial charge in [-0.05, 0) is 47.9 Å². The van der Waals surface area contributed by atoms with Crippen molar-refractivity contribution in [3.05, 3.63) is 27.7 Å². The predicted octanol–water partition coefficient (Wildman–Crippen LogP) is 2.38. The third-order valence-corrected chi connectivity index (χ3v) is 4.09. The van der Waals surface area contributed by atoms with Gasteiger partial charge in [0.1, 0.15) is 5.75 Å². The molecule has 0 radical (unpaired) electrons. The molecule has 3 nitrogen and oxygen atoms in total. The maximum absolute atomic E-state index is 13.9. The van der Waals surface area contributed by atoms with E-state index in [-0.39, 0.29) is 27.7 Å². The van der Waals surface area contributed by atoms with Crippen molar-refractivity contribution >= 4 is 15.9 Å². The summed E-state index contributed by atoms with van der Waals surface area (Å²) in [5, 5.41) is 9.93. The van der Waals surface area contributed by atoms with Gasteiger partial charge >= 0.3 is 0 Å². The summed E-state index contributed by atoms with van der Waals surface area (Å²) < 4.78 is 27.5. The quantitative estimate of drug-likeness (QED) is 0.823. The van der Waals surface area contributed by atoms with Crippen LogP contribution in [0, 0.1) is 17.6 Å². The predicted molar refractivity (Wildman–Crippen MR) is 68.3 cm³/mol. The maximum Gasteiger partial charge on any atom is 0.167 e. The lowest BCUT2D eigenvalue weighted by Crippen LogP contribution is -2.21. The molecule has 0 bridgehead atoms. The van der Waals surface area contributed by atoms with Gasteiger partial charge in [-0.25, -0.2) is 8.78 Å². The van der Waals surface area contributed by atoms with Gasteiger partial charge in [-0.2, -0.15) is 0 Å². The molecular formula is C12H15BrF2N2O. The number of phenolic OH excluding ortho intramolecular Hbond substituents is 1. The SMILES string of the molecule is CN1CC(CN)CC1c1c(O)c(Br)cc(F)c1F. The largest absolute Gasteiger partial charge is 0.506 e. The Morgan fingerprint density at radius 1 is 1.56 bits per heavy atom. The maximum atomic E-state index is 13.9. The highest BCUT2D eigenvalue weighted by atomic mass is 79.9. The number of benzene rings is 1. The molecular weight excluding hydrogens is 306 g/mol. The fourth-order valence-corrected chi connectivity index (χ4v) is 2.94. The molecule has 1 aliphatic rings. The van der Waals surface area contributed by atoms with Crippen LogP contribution in [0.3, 0.4) is 0 Å². The van der Waals surface area contributed by atoms with Crippen molar-refractivity contribution in [3.8, 4) is 5.75 Å². The second-order valence-electron chi connectivity index (χ2n) is 4.71. The standard InChI is InChI=1S/C12H15BrF2N2O/c1-17-5-6(4-16)2-9(17)10-11(15)8(14)3-7(13)12(10)18/h3,6,9,18H,2,4-5,16H2,1H3. The molecule has 2 rings (SSSR count). The summed E-state index contributed by atoms with van der Waals surface area (Å²) in [6.07, 6.45) is 0.618. The Bertz CT molecular complexity index is 444. The third-order valence-electron chi connectivity index (χ3n) is 3.48. The van der Waals surface area contributed by atoms with E-state index in [1.165, 1.54) is 0 Å². The highest BCUT2D eigenvalue weighted by Crippen LogP contribution is 2.42. The van der Waals surface area contributed by atoms with Gasteiger partial charge in [-0.15, -0.1) is 0 Å². The van der Waals surface area contributed by atoms with Crippen molar-refractivity contribution in [2.24, 2.45) is 11.7 Å². The van der Waals surface area contributed by atoms with E-state index < -0.39 is 11.6 Å². The monoisotopic (exact) mass is 320 g/mol. The number of rotatable bonds is 2. The van der Waals surface area contributed by atoms with E-state index in [9.17, 15) is 13.9 Å². The van der Waals surface area contributed by atoms with Gasteiger partial charge in [0.25, 0.3) is 0 Å². The number of nitrogens with zero attached hydrogens (tertiary/aromatic N) is 1. The molecule has 1 aromatic rings. The van der Waals surface area contributed by atoms with Crippen LogP contribution in [0.5, 0.6) is 5.75 Å². The van der Waals surface area contributed by atoms with Gasteiger partial charge < -0.3 is 10.8 Å². The zero-order chi connectivity index (χ0) is 13.4. The molecule has 1 saturated heterocycles. The lowest BCUT2D eigenvalue weighted by Gasteiger charge is -2.21. The van der Waals surface area contributed by atoms with Crippen LogP contribution in [0.25, 0.3) is 0 Å². The molecule has 6 heteroatoms. The minimum atomic E-state index is -0.981. The van der Waals surface area contributed by atoms with E-state index in [0.717, 1.165) is 6.07 Å². The molecule has 0 saturated carbocycles. The first-order valence-corrected chi connectivity index (χ1v) is 6.51. The zero-order valence-corrected chi connectivity index (χ0v) is 11.5. The van der Waals surface area contributed by atoms with Gasteiger partial charge in [0.2, 0.25) is 0 Å². The highest BCUT2D eigenvalue weighted by Gasteiger charge is 2.34. The average Bonchev–Trinajstić information content (AvgIpc) is 2.69. The van der Waals surface area contributed by atoms with Crippen LogP contribution in [0.1, 0.15) is 18.0 Å². The summed E-state index contributed by atoms with van der Waals surface area (Å²) in [7, 11) is 1.82. The fourth-order valence-electron chi connectivity index (χ4n) is 2.52. The summed E-state index contributed by atoms with van der Waals surface area (Å²) in [5.74, 6) is -1.94. The van der Waals surface area contributed by atoms with Crippen molar-refractivity contribution in [1.82, 2.24) is 4.90 Å². The number of nitrogens with two attached hydrogens (primary N) is 1. The lowest BCUT2D eigenvalue weighted by molar-refractivity contribution is 0.294. The third kappa shape index (κ3) is 2.24. The van der Waals surface area contributed by atoms with Crippen LogP contribution in [0.15, 0.2) is 10.5 Å². The van der Waals surface area contributed by atoms with E-state index in [1.54, 1.807) is 0 Å². The van der Waals surface area contributed by atoms with Crippen molar-refractivity contribution in [1.29, 1.82) is 0 Å². The van der Waals surface area contributed by atoms with E-state index in [1.807, 2.05) is 11.9 Å². The van der Waals surface area contributed by atoms with Crippen LogP contribution >= 0.6 is 15.9 Å². The number of likely N-dealkylation sites (tertiary alicyclic amines) is 1. The Labute approximate surface area is 113 Å². The van der Waals surface area contributed by atoms with Crippen LogP contribution in [-0.2, 0) is 0 Å². The molecule has 2 atom stereocenters. The fraction of sp³-hybridized carbons (Fsp3) is 0.500. The minimum Gasteiger partial charge on any atom is -0.506 e. The van der Waals surface area contributed by atoms with Crippen molar-refractivity contribution < 1.29 is 13.9 Å². The molecule has 18 heavy (non-hydrogen) atoms. The number of halogens is 3. The minimum absolute atomic E-state index is 0.0142. The lowest BCUT2D eigenvalue weighted by atomic mass is 9.98. The number of hydrogen-bond acceptors (Lipinski definition) is 3. The van der Waals surface area contributed by atoms with Crippen LogP contribution in [-0.4, -0.2) is 30.1 Å². The van der Waals surface area contributed by atoms with E-state index in [4.69, 9.17) is 5.73 Å². The Morgan fingerprint density at radius 3 is 2.78 bits per heavy atom. The van der Waals surface area contributed by atoms with Crippen molar-refractivity contribution in [3.63, 3.8) is 0 Å². The Morgan fingerprint density at radius 2 is 2.22 bits per heavy atom. The normalized spacial score (nSPS) is 24.7. The van der Waals surface area contributed by atoms with Gasteiger partial charge in [-0.1, -0.05) is 0 Å². The van der Waals surface area contributed by atoms with Gasteiger partial charge in [0.05, 0.1) is 10.0 Å². The molecule has 1 aromatic carbocycles. The van der Waals surface area contributed by atoms with E-state index >= 15 is 0 Å². The van der Waals surface area contributed by atoms with Gasteiger partial charge in [0, 0.05) is 12.6 Å². The van der Waals surface area contributed by atoms with Crippen LogP contribution in [0.4, 0.5) is 8.78 Å². The first kappa shape index (κ1) is 13.7. The number of phenols is 1. The molecule has 1 fully saturated rings. The Balaban J connectivity index is 2.45. The summed E-state index contributed by atoms with van der Waals surface area (Å²) >= 11 is 3.03. The molecule has 0 aliphatic carbocycles. The first-order valence-electron chi connectivity index (χ1n) is 5.72. The summed E-state index contributed by atoms with van der Waals surface area (Å²) in [6.45, 7) is 1.22. The van der Waals surface area contributed by atoms with Gasteiger partial charge in [-0.3, -0.25) is 4.90 Å². The number of hydrogen-bond donors (Lipinski definition) is 2. The molecule has 100 valence electrons. The molecule has 1 aliphatic heterocycles. The van der Waals surface area contributed by atoms with E-state index in [2.05, 4.69) is 15.9 Å². The Hall–Kier alpha value is -0.720. The highest BCUT2D eigenvalue weighted by molar-refractivity contribution is 9.10. The molecule has 0 amide bonds. The number of aromatic hydroxyl groups is 1. The second kappa shape index (κ2) is 5.11.